The highest BCUT2D eigenvalue weighted by Gasteiger charge is 2.10. The largest absolute Gasteiger partial charge is 0.0888 e. The van der Waals surface area contributed by atoms with Crippen molar-refractivity contribution in [1.82, 2.24) is 0 Å². The molecule has 1 radical (unpaired) electrons. The topological polar surface area (TPSA) is 0 Å². The monoisotopic (exact) mass is 199 g/mol. The van der Waals surface area contributed by atoms with Crippen molar-refractivity contribution in [3.05, 3.63) is 41.8 Å². The van der Waals surface area contributed by atoms with Gasteiger partial charge in [0, 0.05) is 6.42 Å². The average molecular weight is 199 g/mol. The third-order valence-electron chi connectivity index (χ3n) is 2.30. The first kappa shape index (κ1) is 11.9. The van der Waals surface area contributed by atoms with E-state index in [1.807, 2.05) is 0 Å². The van der Waals surface area contributed by atoms with Crippen molar-refractivity contribution >= 4 is 0 Å². The molecule has 0 heterocycles. The molecule has 79 valence electrons. The van der Waals surface area contributed by atoms with Crippen molar-refractivity contribution < 1.29 is 0 Å². The van der Waals surface area contributed by atoms with Gasteiger partial charge in [-0.25, -0.2) is 0 Å². The molecule has 15 heavy (non-hydrogen) atoms. The number of benzene rings is 1. The Morgan fingerprint density at radius 2 is 1.60 bits per heavy atom. The minimum atomic E-state index is 0.351. The molecule has 1 rings (SSSR count). The molecule has 0 spiro atoms. The zero-order valence-corrected chi connectivity index (χ0v) is 9.93. The van der Waals surface area contributed by atoms with Crippen molar-refractivity contribution in [2.45, 2.75) is 40.0 Å². The Bertz CT molecular complexity index is 330. The molecule has 0 amide bonds. The molecule has 0 aliphatic carbocycles. The quantitative estimate of drug-likeness (QED) is 0.650. The molecule has 0 fully saturated rings. The molecule has 0 N–H and O–H groups in total. The first-order chi connectivity index (χ1) is 7.01. The summed E-state index contributed by atoms with van der Waals surface area (Å²) in [5.41, 5.74) is 3.04. The lowest BCUT2D eigenvalue weighted by molar-refractivity contribution is 0.411. The van der Waals surface area contributed by atoms with Gasteiger partial charge in [0.25, 0.3) is 0 Å². The van der Waals surface area contributed by atoms with Crippen LogP contribution in [0.2, 0.25) is 0 Å². The fourth-order valence-electron chi connectivity index (χ4n) is 1.64. The molecule has 1 aromatic rings. The average Bonchev–Trinajstić information content (AvgIpc) is 2.14. The smallest absolute Gasteiger partial charge is 0.0139 e. The zero-order valence-electron chi connectivity index (χ0n) is 9.93. The molecule has 0 saturated carbocycles. The first-order valence-electron chi connectivity index (χ1n) is 5.49. The van der Waals surface area contributed by atoms with Gasteiger partial charge in [0.05, 0.1) is 0 Å². The van der Waals surface area contributed by atoms with Crippen molar-refractivity contribution in [1.29, 1.82) is 0 Å². The van der Waals surface area contributed by atoms with E-state index in [1.165, 1.54) is 11.1 Å². The molecule has 0 heteroatoms. The lowest BCUT2D eigenvalue weighted by Gasteiger charge is -2.18. The van der Waals surface area contributed by atoms with Crippen molar-refractivity contribution in [2.24, 2.45) is 5.41 Å². The predicted octanol–water partition coefficient (Wildman–Crippen LogP) is 3.80. The van der Waals surface area contributed by atoms with Gasteiger partial charge in [0.1, 0.15) is 0 Å². The summed E-state index contributed by atoms with van der Waals surface area (Å²) < 4.78 is 0. The van der Waals surface area contributed by atoms with Crippen LogP contribution in [0.25, 0.3) is 0 Å². The lowest BCUT2D eigenvalue weighted by Crippen LogP contribution is -2.08. The van der Waals surface area contributed by atoms with Crippen molar-refractivity contribution in [2.75, 3.05) is 0 Å². The van der Waals surface area contributed by atoms with E-state index in [1.54, 1.807) is 0 Å². The van der Waals surface area contributed by atoms with E-state index in [0.717, 1.165) is 19.3 Å². The lowest BCUT2D eigenvalue weighted by atomic mass is 9.88. The van der Waals surface area contributed by atoms with E-state index >= 15 is 0 Å². The minimum Gasteiger partial charge on any atom is -0.0888 e. The second-order valence-corrected chi connectivity index (χ2v) is 5.23. The Hall–Kier alpha value is -1.22. The summed E-state index contributed by atoms with van der Waals surface area (Å²) in [6.45, 7) is 6.76. The number of hydrogen-bond donors (Lipinski definition) is 0. The summed E-state index contributed by atoms with van der Waals surface area (Å²) >= 11 is 0. The van der Waals surface area contributed by atoms with Crippen LogP contribution in [0.4, 0.5) is 0 Å². The summed E-state index contributed by atoms with van der Waals surface area (Å²) in [4.78, 5) is 0. The molecular formula is C15H19. The van der Waals surface area contributed by atoms with E-state index < -0.39 is 0 Å². The van der Waals surface area contributed by atoms with Gasteiger partial charge in [-0.15, -0.1) is 0 Å². The molecule has 0 unspecified atom stereocenters. The summed E-state index contributed by atoms with van der Waals surface area (Å²) in [5.74, 6) is 2.42. The Morgan fingerprint density at radius 3 is 2.07 bits per heavy atom. The maximum absolute atomic E-state index is 6.86. The molecule has 0 nitrogen and oxygen atoms in total. The van der Waals surface area contributed by atoms with Crippen LogP contribution in [0.15, 0.2) is 24.3 Å². The highest BCUT2D eigenvalue weighted by molar-refractivity contribution is 5.23. The highest BCUT2D eigenvalue weighted by atomic mass is 14.2. The summed E-state index contributed by atoms with van der Waals surface area (Å²) in [5, 5.41) is 0. The Balaban J connectivity index is 2.61. The number of rotatable bonds is 3. The Morgan fingerprint density at radius 1 is 1.07 bits per heavy atom. The SMILES string of the molecule is [C]#CCCc1ccc(CC(C)(C)C)cc1. The summed E-state index contributed by atoms with van der Waals surface area (Å²) in [7, 11) is 0. The second kappa shape index (κ2) is 5.03. The third kappa shape index (κ3) is 4.70. The second-order valence-electron chi connectivity index (χ2n) is 5.23. The van der Waals surface area contributed by atoms with Crippen LogP contribution in [0, 0.1) is 17.8 Å². The molecule has 0 aliphatic heterocycles. The fraction of sp³-hybridized carbons (Fsp3) is 0.467. The fourth-order valence-corrected chi connectivity index (χ4v) is 1.64. The van der Waals surface area contributed by atoms with Crippen molar-refractivity contribution in [3.63, 3.8) is 0 Å². The Kier molecular flexibility index (Phi) is 3.97. The first-order valence-corrected chi connectivity index (χ1v) is 5.49. The van der Waals surface area contributed by atoms with Crippen LogP contribution in [-0.2, 0) is 12.8 Å². The van der Waals surface area contributed by atoms with Gasteiger partial charge in [-0.1, -0.05) is 51.0 Å². The molecular weight excluding hydrogens is 180 g/mol. The standard InChI is InChI=1S/C15H19/c1-5-6-7-13-8-10-14(11-9-13)12-15(2,3)4/h8-11H,6-7,12H2,2-4H3. The van der Waals surface area contributed by atoms with E-state index in [9.17, 15) is 0 Å². The third-order valence-corrected chi connectivity index (χ3v) is 2.30. The van der Waals surface area contributed by atoms with Gasteiger partial charge < -0.3 is 0 Å². The number of hydrogen-bond acceptors (Lipinski definition) is 0. The molecule has 0 saturated heterocycles. The maximum atomic E-state index is 6.86. The normalized spacial score (nSPS) is 11.1. The molecule has 1 aromatic carbocycles. The van der Waals surface area contributed by atoms with Gasteiger partial charge in [-0.2, -0.15) is 0 Å². The van der Waals surface area contributed by atoms with E-state index in [2.05, 4.69) is 51.0 Å². The van der Waals surface area contributed by atoms with Gasteiger partial charge in [-0.05, 0) is 35.8 Å². The van der Waals surface area contributed by atoms with Crippen LogP contribution in [0.1, 0.15) is 38.3 Å². The van der Waals surface area contributed by atoms with Gasteiger partial charge in [-0.3, -0.25) is 0 Å². The molecule has 0 bridgehead atoms. The van der Waals surface area contributed by atoms with Crippen LogP contribution in [0.3, 0.4) is 0 Å². The van der Waals surface area contributed by atoms with Crippen molar-refractivity contribution in [3.8, 4) is 5.92 Å². The van der Waals surface area contributed by atoms with Gasteiger partial charge >= 0.3 is 0 Å². The molecule has 0 aliphatic rings. The van der Waals surface area contributed by atoms with E-state index in [0.29, 0.717) is 5.41 Å². The van der Waals surface area contributed by atoms with Gasteiger partial charge in [0.15, 0.2) is 0 Å². The van der Waals surface area contributed by atoms with Crippen LogP contribution >= 0.6 is 0 Å². The van der Waals surface area contributed by atoms with Crippen LogP contribution < -0.4 is 0 Å². The van der Waals surface area contributed by atoms with Gasteiger partial charge in [0.2, 0.25) is 0 Å². The molecule has 0 aromatic heterocycles. The predicted molar refractivity (Wildman–Crippen MR) is 65.1 cm³/mol. The van der Waals surface area contributed by atoms with Crippen LogP contribution in [-0.4, -0.2) is 0 Å². The highest BCUT2D eigenvalue weighted by Crippen LogP contribution is 2.20. The zero-order chi connectivity index (χ0) is 11.3. The summed E-state index contributed by atoms with van der Waals surface area (Å²) in [6, 6.07) is 8.73. The number of aryl methyl sites for hydroxylation is 1. The van der Waals surface area contributed by atoms with E-state index in [-0.39, 0.29) is 0 Å². The Labute approximate surface area is 93.7 Å². The maximum Gasteiger partial charge on any atom is 0.0139 e. The molecule has 0 atom stereocenters. The minimum absolute atomic E-state index is 0.351. The van der Waals surface area contributed by atoms with Crippen LogP contribution in [0.5, 0.6) is 0 Å². The summed E-state index contributed by atoms with van der Waals surface area (Å²) in [6.07, 6.45) is 9.63. The van der Waals surface area contributed by atoms with E-state index in [4.69, 9.17) is 6.42 Å².